The molecule has 0 aromatic heterocycles. The van der Waals surface area contributed by atoms with Gasteiger partial charge in [-0.3, -0.25) is 14.4 Å². The third-order valence-corrected chi connectivity index (χ3v) is 5.84. The quantitative estimate of drug-likeness (QED) is 0.578. The largest absolute Gasteiger partial charge is 0.273 e. The number of anilines is 2. The molecule has 5 rings (SSSR count). The standard InChI is InChI=1S/C24H19ClN2O3/c1-15-10-12-18(13-11-15)26-23(28)20-21(16-6-5-7-17(25)14-16)27(30-22(20)24(26)29)19-8-3-2-4-9-19/h2-14,20-22H,1H3. The maximum Gasteiger partial charge on any atom is 0.266 e. The molecule has 3 atom stereocenters. The van der Waals surface area contributed by atoms with Crippen LogP contribution in [0.25, 0.3) is 0 Å². The number of hydroxylamine groups is 1. The van der Waals surface area contributed by atoms with Crippen molar-refractivity contribution in [3.63, 3.8) is 0 Å². The normalized spacial score (nSPS) is 23.2. The zero-order valence-electron chi connectivity index (χ0n) is 16.2. The number of carbonyl (C=O) groups is 2. The summed E-state index contributed by atoms with van der Waals surface area (Å²) in [5.41, 5.74) is 3.22. The molecule has 6 heteroatoms. The molecule has 2 heterocycles. The van der Waals surface area contributed by atoms with Gasteiger partial charge in [-0.15, -0.1) is 0 Å². The third kappa shape index (κ3) is 2.98. The Hall–Kier alpha value is -3.15. The number of hydrogen-bond acceptors (Lipinski definition) is 4. The van der Waals surface area contributed by atoms with E-state index in [2.05, 4.69) is 0 Å². The van der Waals surface area contributed by atoms with Gasteiger partial charge >= 0.3 is 0 Å². The summed E-state index contributed by atoms with van der Waals surface area (Å²) in [5.74, 6) is -1.28. The number of amides is 2. The lowest BCUT2D eigenvalue weighted by Crippen LogP contribution is -2.37. The molecule has 0 aliphatic carbocycles. The van der Waals surface area contributed by atoms with Gasteiger partial charge in [0.1, 0.15) is 5.92 Å². The van der Waals surface area contributed by atoms with Crippen LogP contribution in [-0.4, -0.2) is 17.9 Å². The molecule has 0 bridgehead atoms. The zero-order chi connectivity index (χ0) is 20.8. The Labute approximate surface area is 179 Å². The number of aryl methyl sites for hydroxylation is 1. The number of benzene rings is 3. The number of imide groups is 1. The van der Waals surface area contributed by atoms with Gasteiger partial charge in [0.25, 0.3) is 5.91 Å². The van der Waals surface area contributed by atoms with Crippen LogP contribution in [0.5, 0.6) is 0 Å². The lowest BCUT2D eigenvalue weighted by Gasteiger charge is -2.28. The van der Waals surface area contributed by atoms with Crippen molar-refractivity contribution in [3.05, 3.63) is 95.0 Å². The molecule has 0 saturated carbocycles. The van der Waals surface area contributed by atoms with Crippen molar-refractivity contribution in [2.24, 2.45) is 5.92 Å². The summed E-state index contributed by atoms with van der Waals surface area (Å²) in [6.45, 7) is 1.96. The van der Waals surface area contributed by atoms with E-state index in [1.165, 1.54) is 4.90 Å². The van der Waals surface area contributed by atoms with E-state index in [1.807, 2.05) is 67.6 Å². The summed E-state index contributed by atoms with van der Waals surface area (Å²) in [7, 11) is 0. The molecule has 0 spiro atoms. The minimum Gasteiger partial charge on any atom is -0.273 e. The smallest absolute Gasteiger partial charge is 0.266 e. The lowest BCUT2D eigenvalue weighted by molar-refractivity contribution is -0.126. The first kappa shape index (κ1) is 18.9. The highest BCUT2D eigenvalue weighted by atomic mass is 35.5. The maximum absolute atomic E-state index is 13.5. The molecule has 2 fully saturated rings. The van der Waals surface area contributed by atoms with Crippen LogP contribution in [-0.2, 0) is 14.4 Å². The van der Waals surface area contributed by atoms with Gasteiger partial charge in [-0.2, -0.15) is 0 Å². The second-order valence-corrected chi connectivity index (χ2v) is 8.00. The van der Waals surface area contributed by atoms with Crippen molar-refractivity contribution in [2.75, 3.05) is 9.96 Å². The summed E-state index contributed by atoms with van der Waals surface area (Å²) >= 11 is 6.24. The van der Waals surface area contributed by atoms with Crippen molar-refractivity contribution >= 4 is 34.8 Å². The number of nitrogens with zero attached hydrogens (tertiary/aromatic N) is 2. The van der Waals surface area contributed by atoms with Crippen LogP contribution >= 0.6 is 11.6 Å². The van der Waals surface area contributed by atoms with Crippen molar-refractivity contribution in [1.29, 1.82) is 0 Å². The van der Waals surface area contributed by atoms with E-state index in [1.54, 1.807) is 23.3 Å². The summed E-state index contributed by atoms with van der Waals surface area (Å²) in [6, 6.07) is 23.7. The van der Waals surface area contributed by atoms with Gasteiger partial charge in [0.2, 0.25) is 5.91 Å². The monoisotopic (exact) mass is 418 g/mol. The summed E-state index contributed by atoms with van der Waals surface area (Å²) in [5, 5.41) is 2.24. The molecule has 0 N–H and O–H groups in total. The Kier molecular flexibility index (Phi) is 4.57. The maximum atomic E-state index is 13.5. The minimum atomic E-state index is -0.886. The highest BCUT2D eigenvalue weighted by Gasteiger charge is 2.60. The molecule has 2 saturated heterocycles. The average molecular weight is 419 g/mol. The van der Waals surface area contributed by atoms with Gasteiger partial charge in [-0.05, 0) is 48.9 Å². The number of hydrogen-bond donors (Lipinski definition) is 0. The number of carbonyl (C=O) groups excluding carboxylic acids is 2. The Bertz CT molecular complexity index is 1120. The van der Waals surface area contributed by atoms with E-state index in [0.29, 0.717) is 10.7 Å². The molecular weight excluding hydrogens is 400 g/mol. The Morgan fingerprint density at radius 3 is 2.27 bits per heavy atom. The van der Waals surface area contributed by atoms with E-state index < -0.39 is 18.1 Å². The first-order valence-electron chi connectivity index (χ1n) is 9.75. The molecule has 2 amide bonds. The van der Waals surface area contributed by atoms with E-state index in [4.69, 9.17) is 16.4 Å². The highest BCUT2D eigenvalue weighted by Crippen LogP contribution is 2.47. The fraction of sp³-hybridized carbons (Fsp3) is 0.167. The Balaban J connectivity index is 1.59. The molecule has 0 radical (unpaired) electrons. The van der Waals surface area contributed by atoms with Crippen LogP contribution in [0.15, 0.2) is 78.9 Å². The summed E-state index contributed by atoms with van der Waals surface area (Å²) in [4.78, 5) is 34.1. The first-order valence-corrected chi connectivity index (χ1v) is 10.1. The summed E-state index contributed by atoms with van der Waals surface area (Å²) in [6.07, 6.45) is -0.886. The van der Waals surface area contributed by atoms with Gasteiger partial charge < -0.3 is 0 Å². The molecule has 2 aliphatic heterocycles. The van der Waals surface area contributed by atoms with Gasteiger partial charge in [-0.1, -0.05) is 59.6 Å². The Morgan fingerprint density at radius 2 is 1.57 bits per heavy atom. The highest BCUT2D eigenvalue weighted by molar-refractivity contribution is 6.30. The van der Waals surface area contributed by atoms with Crippen LogP contribution in [0.4, 0.5) is 11.4 Å². The van der Waals surface area contributed by atoms with Gasteiger partial charge in [0.15, 0.2) is 6.10 Å². The molecule has 2 aliphatic rings. The Morgan fingerprint density at radius 1 is 0.833 bits per heavy atom. The minimum absolute atomic E-state index is 0.266. The van der Waals surface area contributed by atoms with E-state index in [0.717, 1.165) is 16.8 Å². The number of halogens is 1. The zero-order valence-corrected chi connectivity index (χ0v) is 17.0. The fourth-order valence-corrected chi connectivity index (χ4v) is 4.39. The van der Waals surface area contributed by atoms with Crippen molar-refractivity contribution in [3.8, 4) is 0 Å². The molecule has 30 heavy (non-hydrogen) atoms. The average Bonchev–Trinajstić information content (AvgIpc) is 3.26. The van der Waals surface area contributed by atoms with Gasteiger partial charge in [0.05, 0.1) is 17.4 Å². The van der Waals surface area contributed by atoms with Crippen LogP contribution in [0.2, 0.25) is 5.02 Å². The lowest BCUT2D eigenvalue weighted by atomic mass is 9.90. The summed E-state index contributed by atoms with van der Waals surface area (Å²) < 4.78 is 0. The molecule has 3 aromatic rings. The van der Waals surface area contributed by atoms with E-state index in [9.17, 15) is 9.59 Å². The van der Waals surface area contributed by atoms with Crippen LogP contribution in [0.3, 0.4) is 0 Å². The predicted octanol–water partition coefficient (Wildman–Crippen LogP) is 4.70. The third-order valence-electron chi connectivity index (χ3n) is 5.61. The molecular formula is C24H19ClN2O3. The second kappa shape index (κ2) is 7.27. The predicted molar refractivity (Wildman–Crippen MR) is 115 cm³/mol. The van der Waals surface area contributed by atoms with E-state index >= 15 is 0 Å². The SMILES string of the molecule is Cc1ccc(N2C(=O)C3ON(c4ccccc4)C(c4cccc(Cl)c4)C3C2=O)cc1. The topological polar surface area (TPSA) is 49.9 Å². The van der Waals surface area contributed by atoms with Crippen LogP contribution in [0.1, 0.15) is 17.2 Å². The van der Waals surface area contributed by atoms with Crippen molar-refractivity contribution in [2.45, 2.75) is 19.1 Å². The molecule has 5 nitrogen and oxygen atoms in total. The van der Waals surface area contributed by atoms with Gasteiger partial charge in [-0.25, -0.2) is 9.96 Å². The van der Waals surface area contributed by atoms with Crippen LogP contribution in [0, 0.1) is 12.8 Å². The molecule has 150 valence electrons. The van der Waals surface area contributed by atoms with Gasteiger partial charge in [0, 0.05) is 5.02 Å². The molecule has 3 unspecified atom stereocenters. The number of fused-ring (bicyclic) bond motifs is 1. The molecule has 3 aromatic carbocycles. The van der Waals surface area contributed by atoms with E-state index in [-0.39, 0.29) is 11.8 Å². The second-order valence-electron chi connectivity index (χ2n) is 7.56. The number of para-hydroxylation sites is 1. The fourth-order valence-electron chi connectivity index (χ4n) is 4.19. The van der Waals surface area contributed by atoms with Crippen LogP contribution < -0.4 is 9.96 Å². The first-order chi connectivity index (χ1) is 14.5. The van der Waals surface area contributed by atoms with Crippen molar-refractivity contribution < 1.29 is 14.4 Å². The number of rotatable bonds is 3. The van der Waals surface area contributed by atoms with Crippen molar-refractivity contribution in [1.82, 2.24) is 0 Å².